The number of aliphatic hydroxyl groups excluding tert-OH is 1. The Morgan fingerprint density at radius 2 is 1.67 bits per heavy atom. The van der Waals surface area contributed by atoms with Gasteiger partial charge in [0.15, 0.2) is 0 Å². The second-order valence-corrected chi connectivity index (χ2v) is 11.3. The van der Waals surface area contributed by atoms with Crippen molar-refractivity contribution in [2.75, 3.05) is 0 Å². The number of carbonyl (C=O) groups excluding carboxylic acids is 1. The Bertz CT molecular complexity index is 948. The van der Waals surface area contributed by atoms with Gasteiger partial charge in [0.05, 0.1) is 22.9 Å². The molecule has 0 aliphatic rings. The highest BCUT2D eigenvalue weighted by molar-refractivity contribution is 7.89. The number of aryl methyl sites for hydroxylation is 1. The Hall–Kier alpha value is -2.44. The van der Waals surface area contributed by atoms with Crippen molar-refractivity contribution >= 4 is 16.9 Å². The van der Waals surface area contributed by atoms with Crippen LogP contribution in [0.3, 0.4) is 0 Å². The van der Waals surface area contributed by atoms with Crippen LogP contribution in [0.4, 0.5) is 4.79 Å². The highest BCUT2D eigenvalue weighted by atomic mass is 32.2. The molecule has 5 nitrogen and oxygen atoms in total. The molecule has 1 amide bonds. The van der Waals surface area contributed by atoms with Gasteiger partial charge >= 0.3 is 6.09 Å². The summed E-state index contributed by atoms with van der Waals surface area (Å²) in [5.74, 6) is -0.0724. The summed E-state index contributed by atoms with van der Waals surface area (Å²) in [6.07, 6.45) is -1.34. The van der Waals surface area contributed by atoms with Gasteiger partial charge in [-0.25, -0.2) is 9.00 Å². The minimum Gasteiger partial charge on any atom is -0.444 e. The van der Waals surface area contributed by atoms with Gasteiger partial charge in [0.2, 0.25) is 0 Å². The summed E-state index contributed by atoms with van der Waals surface area (Å²) in [7, 11) is -1.45. The molecule has 0 saturated heterocycles. The van der Waals surface area contributed by atoms with Gasteiger partial charge in [-0.3, -0.25) is 4.90 Å². The van der Waals surface area contributed by atoms with Gasteiger partial charge in [-0.05, 0) is 51.3 Å². The van der Waals surface area contributed by atoms with Gasteiger partial charge in [0.25, 0.3) is 0 Å². The van der Waals surface area contributed by atoms with Crippen molar-refractivity contribution in [3.05, 3.63) is 77.2 Å². The number of nitrogens with zero attached hydrogens (tertiary/aromatic N) is 1. The van der Waals surface area contributed by atoms with E-state index in [1.54, 1.807) is 4.90 Å². The first-order valence-corrected chi connectivity index (χ1v) is 12.4. The van der Waals surface area contributed by atoms with Crippen LogP contribution in [0.2, 0.25) is 0 Å². The average Bonchev–Trinajstić information content (AvgIpc) is 2.72. The number of carbonyl (C=O) groups is 1. The number of benzene rings is 2. The van der Waals surface area contributed by atoms with Crippen LogP contribution in [0, 0.1) is 12.8 Å². The zero-order chi connectivity index (χ0) is 24.8. The topological polar surface area (TPSA) is 66.8 Å². The normalized spacial score (nSPS) is 14.4. The van der Waals surface area contributed by atoms with E-state index < -0.39 is 34.6 Å². The van der Waals surface area contributed by atoms with Gasteiger partial charge in [-0.1, -0.05) is 68.5 Å². The van der Waals surface area contributed by atoms with Crippen molar-refractivity contribution < 1.29 is 18.8 Å². The third-order valence-electron chi connectivity index (χ3n) is 5.19. The molecule has 0 fully saturated rings. The zero-order valence-electron chi connectivity index (χ0n) is 20.6. The van der Waals surface area contributed by atoms with Crippen LogP contribution in [-0.4, -0.2) is 38.1 Å². The Morgan fingerprint density at radius 1 is 1.09 bits per heavy atom. The molecule has 1 N–H and O–H groups in total. The van der Waals surface area contributed by atoms with Crippen LogP contribution in [0.25, 0.3) is 0 Å². The van der Waals surface area contributed by atoms with E-state index in [0.29, 0.717) is 16.3 Å². The summed E-state index contributed by atoms with van der Waals surface area (Å²) in [6.45, 7) is 15.6. The van der Waals surface area contributed by atoms with Crippen LogP contribution in [-0.2, 0) is 22.1 Å². The maximum atomic E-state index is 13.2. The molecule has 0 aliphatic heterocycles. The van der Waals surface area contributed by atoms with Crippen LogP contribution in [0.1, 0.15) is 52.2 Å². The second kappa shape index (κ2) is 11.6. The second-order valence-electron chi connectivity index (χ2n) is 9.72. The smallest absolute Gasteiger partial charge is 0.410 e. The number of aliphatic hydroxyl groups is 1. The van der Waals surface area contributed by atoms with E-state index in [-0.39, 0.29) is 12.3 Å². The SMILES string of the molecule is C=C(C[C@@H](O)[C@@H](C(C)C)N(Cc1ccccc1)C(=O)OC(C)(C)C)S(=O)c1ccc(C)cc1. The number of ether oxygens (including phenoxy) is 1. The first kappa shape index (κ1) is 26.8. The van der Waals surface area contributed by atoms with Gasteiger partial charge in [-0.15, -0.1) is 0 Å². The molecule has 0 heterocycles. The first-order valence-electron chi connectivity index (χ1n) is 11.3. The van der Waals surface area contributed by atoms with E-state index >= 15 is 0 Å². The van der Waals surface area contributed by atoms with Crippen molar-refractivity contribution in [3.63, 3.8) is 0 Å². The van der Waals surface area contributed by atoms with Crippen molar-refractivity contribution in [1.82, 2.24) is 4.90 Å². The quantitative estimate of drug-likeness (QED) is 0.500. The first-order chi connectivity index (χ1) is 15.4. The number of rotatable bonds is 9. The molecule has 1 unspecified atom stereocenters. The van der Waals surface area contributed by atoms with E-state index in [4.69, 9.17) is 4.74 Å². The molecule has 2 aromatic carbocycles. The summed E-state index contributed by atoms with van der Waals surface area (Å²) in [5.41, 5.74) is 1.34. The summed E-state index contributed by atoms with van der Waals surface area (Å²) < 4.78 is 18.6. The molecule has 0 radical (unpaired) electrons. The molecule has 0 bridgehead atoms. The van der Waals surface area contributed by atoms with Crippen molar-refractivity contribution in [3.8, 4) is 0 Å². The fourth-order valence-electron chi connectivity index (χ4n) is 3.66. The molecule has 3 atom stereocenters. The van der Waals surface area contributed by atoms with Crippen LogP contribution in [0.15, 0.2) is 71.0 Å². The highest BCUT2D eigenvalue weighted by Crippen LogP contribution is 2.26. The molecular formula is C27H37NO4S. The highest BCUT2D eigenvalue weighted by Gasteiger charge is 2.35. The van der Waals surface area contributed by atoms with Crippen LogP contribution >= 0.6 is 0 Å². The van der Waals surface area contributed by atoms with E-state index in [1.807, 2.05) is 96.1 Å². The summed E-state index contributed by atoms with van der Waals surface area (Å²) in [6, 6.07) is 16.5. The van der Waals surface area contributed by atoms with Gasteiger partial charge in [-0.2, -0.15) is 0 Å². The molecule has 2 rings (SSSR count). The summed E-state index contributed by atoms with van der Waals surface area (Å²) in [4.78, 5) is 15.8. The third kappa shape index (κ3) is 8.13. The molecule has 6 heteroatoms. The average molecular weight is 472 g/mol. The number of hydrogen-bond donors (Lipinski definition) is 1. The van der Waals surface area contributed by atoms with Gasteiger partial charge in [0, 0.05) is 22.8 Å². The van der Waals surface area contributed by atoms with Crippen molar-refractivity contribution in [2.24, 2.45) is 5.92 Å². The number of hydrogen-bond acceptors (Lipinski definition) is 4. The molecule has 0 aromatic heterocycles. The largest absolute Gasteiger partial charge is 0.444 e. The third-order valence-corrected chi connectivity index (χ3v) is 6.59. The van der Waals surface area contributed by atoms with E-state index in [1.165, 1.54) is 0 Å². The lowest BCUT2D eigenvalue weighted by molar-refractivity contribution is -0.0192. The molecular weight excluding hydrogens is 434 g/mol. The fraction of sp³-hybridized carbons (Fsp3) is 0.444. The monoisotopic (exact) mass is 471 g/mol. The lowest BCUT2D eigenvalue weighted by atomic mass is 9.94. The summed E-state index contributed by atoms with van der Waals surface area (Å²) in [5, 5.41) is 11.2. The lowest BCUT2D eigenvalue weighted by Gasteiger charge is -2.38. The lowest BCUT2D eigenvalue weighted by Crippen LogP contribution is -2.51. The molecule has 0 spiro atoms. The minimum atomic E-state index is -1.45. The Balaban J connectivity index is 2.28. The van der Waals surface area contributed by atoms with E-state index in [2.05, 4.69) is 6.58 Å². The molecule has 0 aliphatic carbocycles. The number of amides is 1. The molecule has 2 aromatic rings. The maximum absolute atomic E-state index is 13.2. The van der Waals surface area contributed by atoms with E-state index in [9.17, 15) is 14.1 Å². The van der Waals surface area contributed by atoms with E-state index in [0.717, 1.165) is 11.1 Å². The Labute approximate surface area is 200 Å². The minimum absolute atomic E-state index is 0.0724. The Morgan fingerprint density at radius 3 is 2.18 bits per heavy atom. The molecule has 33 heavy (non-hydrogen) atoms. The van der Waals surface area contributed by atoms with Crippen molar-refractivity contribution in [1.29, 1.82) is 0 Å². The molecule has 180 valence electrons. The zero-order valence-corrected chi connectivity index (χ0v) is 21.4. The molecule has 0 saturated carbocycles. The summed E-state index contributed by atoms with van der Waals surface area (Å²) >= 11 is 0. The fourth-order valence-corrected chi connectivity index (χ4v) is 4.70. The van der Waals surface area contributed by atoms with Gasteiger partial charge in [0.1, 0.15) is 5.60 Å². The van der Waals surface area contributed by atoms with Crippen LogP contribution < -0.4 is 0 Å². The standard InChI is InChI=1S/C27H37NO4S/c1-19(2)25(24(29)17-21(4)33(31)23-15-13-20(3)14-16-23)28(26(30)32-27(5,6)7)18-22-11-9-8-10-12-22/h8-16,19,24-25,29H,4,17-18H2,1-3,5-7H3/t24-,25-,33?/m1/s1. The van der Waals surface area contributed by atoms with Crippen molar-refractivity contribution in [2.45, 2.75) is 77.2 Å². The Kier molecular flexibility index (Phi) is 9.44. The van der Waals surface area contributed by atoms with Gasteiger partial charge < -0.3 is 9.84 Å². The van der Waals surface area contributed by atoms with Crippen LogP contribution in [0.5, 0.6) is 0 Å². The maximum Gasteiger partial charge on any atom is 0.410 e. The predicted molar refractivity (Wildman–Crippen MR) is 134 cm³/mol. The predicted octanol–water partition coefficient (Wildman–Crippen LogP) is 5.83.